The normalized spacial score (nSPS) is 16.4. The van der Waals surface area contributed by atoms with Crippen LogP contribution < -0.4 is 0 Å². The summed E-state index contributed by atoms with van der Waals surface area (Å²) in [6.07, 6.45) is 7.14. The molecule has 2 aliphatic carbocycles. The number of hydrogen-bond acceptors (Lipinski definition) is 4. The van der Waals surface area contributed by atoms with Gasteiger partial charge in [0, 0.05) is 20.9 Å². The van der Waals surface area contributed by atoms with Crippen molar-refractivity contribution in [2.45, 2.75) is 62.2 Å². The fraction of sp³-hybridized carbons (Fsp3) is 0.267. The number of ketones is 2. The van der Waals surface area contributed by atoms with Crippen molar-refractivity contribution in [1.82, 2.24) is 0 Å². The van der Waals surface area contributed by atoms with Gasteiger partial charge < -0.3 is 0 Å². The van der Waals surface area contributed by atoms with Crippen LogP contribution in [0.3, 0.4) is 0 Å². The number of allylic oxidation sites excluding steroid dienone is 8. The highest BCUT2D eigenvalue weighted by atomic mass is 32.2. The predicted molar refractivity (Wildman–Crippen MR) is 144 cm³/mol. The van der Waals surface area contributed by atoms with Crippen LogP contribution in [0, 0.1) is 0 Å². The molecule has 0 amide bonds. The van der Waals surface area contributed by atoms with Crippen LogP contribution >= 0.6 is 23.5 Å². The summed E-state index contributed by atoms with van der Waals surface area (Å²) in [5.74, 6) is -0.184. The molecule has 4 rings (SSSR count). The third-order valence-electron chi connectivity index (χ3n) is 5.93. The number of benzene rings is 2. The highest BCUT2D eigenvalue weighted by molar-refractivity contribution is 8.04. The van der Waals surface area contributed by atoms with E-state index in [0.717, 1.165) is 9.79 Å². The average molecular weight is 487 g/mol. The van der Waals surface area contributed by atoms with E-state index in [9.17, 15) is 9.59 Å². The first-order chi connectivity index (χ1) is 15.9. The van der Waals surface area contributed by atoms with Crippen LogP contribution in [-0.4, -0.2) is 11.6 Å². The molecule has 0 atom stereocenters. The number of fused-ring (bicyclic) bond motifs is 1. The van der Waals surface area contributed by atoms with Crippen LogP contribution in [0.1, 0.15) is 52.7 Å². The SMILES string of the molecule is CC(C)(C)c1ccc(SC2=CC=C3C(=O)C(Sc4ccc(C(C)(C)C)cc4)=CC=C3C2=O)cc1. The van der Waals surface area contributed by atoms with Gasteiger partial charge in [-0.2, -0.15) is 0 Å². The Morgan fingerprint density at radius 2 is 0.824 bits per heavy atom. The Hall–Kier alpha value is -2.56. The zero-order valence-corrected chi connectivity index (χ0v) is 22.2. The standard InChI is InChI=1S/C30H30O2S2/c1-29(2,3)19-7-11-21(12-8-19)33-25-17-15-24-23(27(25)31)16-18-26(28(24)32)34-22-13-9-20(10-14-22)30(4,5)6/h7-18H,1-6H3. The lowest BCUT2D eigenvalue weighted by molar-refractivity contribution is -0.114. The molecule has 0 spiro atoms. The first-order valence-electron chi connectivity index (χ1n) is 11.4. The third-order valence-corrected chi connectivity index (χ3v) is 8.02. The number of rotatable bonds is 4. The number of thioether (sulfide) groups is 2. The van der Waals surface area contributed by atoms with Crippen molar-refractivity contribution in [3.8, 4) is 0 Å². The Kier molecular flexibility index (Phi) is 6.67. The summed E-state index contributed by atoms with van der Waals surface area (Å²) < 4.78 is 0. The zero-order valence-electron chi connectivity index (χ0n) is 20.6. The van der Waals surface area contributed by atoms with Crippen LogP contribution in [-0.2, 0) is 20.4 Å². The quantitative estimate of drug-likeness (QED) is 0.439. The van der Waals surface area contributed by atoms with Gasteiger partial charge in [0.15, 0.2) is 11.6 Å². The van der Waals surface area contributed by atoms with Crippen molar-refractivity contribution in [3.05, 3.63) is 105 Å². The smallest absolute Gasteiger partial charge is 0.200 e. The first-order valence-corrected chi connectivity index (χ1v) is 13.1. The first kappa shape index (κ1) is 24.6. The van der Waals surface area contributed by atoms with Crippen molar-refractivity contribution >= 4 is 35.1 Å². The molecule has 0 aliphatic heterocycles. The van der Waals surface area contributed by atoms with Crippen molar-refractivity contribution in [3.63, 3.8) is 0 Å². The average Bonchev–Trinajstić information content (AvgIpc) is 2.77. The molecule has 0 fully saturated rings. The lowest BCUT2D eigenvalue weighted by Gasteiger charge is -2.21. The molecule has 2 aliphatic rings. The second-order valence-corrected chi connectivity index (χ2v) is 12.9. The topological polar surface area (TPSA) is 34.1 Å². The van der Waals surface area contributed by atoms with Crippen LogP contribution in [0.25, 0.3) is 0 Å². The number of carbonyl (C=O) groups is 2. The van der Waals surface area contributed by atoms with E-state index in [4.69, 9.17) is 0 Å². The van der Waals surface area contributed by atoms with Gasteiger partial charge in [0.25, 0.3) is 0 Å². The Bertz CT molecular complexity index is 1160. The summed E-state index contributed by atoms with van der Waals surface area (Å²) >= 11 is 2.89. The van der Waals surface area contributed by atoms with Crippen LogP contribution in [0.5, 0.6) is 0 Å². The highest BCUT2D eigenvalue weighted by Crippen LogP contribution is 2.40. The fourth-order valence-electron chi connectivity index (χ4n) is 3.77. The minimum Gasteiger partial charge on any atom is -0.288 e. The van der Waals surface area contributed by atoms with Gasteiger partial charge in [-0.15, -0.1) is 0 Å². The maximum atomic E-state index is 13.1. The summed E-state index contributed by atoms with van der Waals surface area (Å²) in [6.45, 7) is 13.1. The molecule has 0 bridgehead atoms. The van der Waals surface area contributed by atoms with E-state index in [1.165, 1.54) is 34.7 Å². The summed E-state index contributed by atoms with van der Waals surface area (Å²) in [4.78, 5) is 29.6. The second kappa shape index (κ2) is 9.24. The number of carbonyl (C=O) groups excluding carboxylic acids is 2. The third kappa shape index (κ3) is 5.24. The van der Waals surface area contributed by atoms with E-state index < -0.39 is 0 Å². The van der Waals surface area contributed by atoms with Gasteiger partial charge in [-0.1, -0.05) is 89.3 Å². The van der Waals surface area contributed by atoms with Crippen LogP contribution in [0.4, 0.5) is 0 Å². The maximum Gasteiger partial charge on any atom is 0.200 e. The Balaban J connectivity index is 1.50. The van der Waals surface area contributed by atoms with Crippen molar-refractivity contribution in [2.75, 3.05) is 0 Å². The van der Waals surface area contributed by atoms with E-state index in [1.807, 2.05) is 0 Å². The molecular weight excluding hydrogens is 456 g/mol. The zero-order chi connectivity index (χ0) is 24.7. The molecule has 0 saturated carbocycles. The maximum absolute atomic E-state index is 13.1. The van der Waals surface area contributed by atoms with Gasteiger partial charge in [-0.25, -0.2) is 0 Å². The van der Waals surface area contributed by atoms with Crippen LogP contribution in [0.15, 0.2) is 104 Å². The Morgan fingerprint density at radius 3 is 1.12 bits per heavy atom. The second-order valence-electron chi connectivity index (χ2n) is 10.6. The minimum atomic E-state index is -0.0921. The molecule has 174 valence electrons. The van der Waals surface area contributed by atoms with Gasteiger partial charge >= 0.3 is 0 Å². The molecule has 34 heavy (non-hydrogen) atoms. The van der Waals surface area contributed by atoms with E-state index in [0.29, 0.717) is 21.0 Å². The van der Waals surface area contributed by atoms with Crippen molar-refractivity contribution in [2.24, 2.45) is 0 Å². The minimum absolute atomic E-state index is 0.0880. The van der Waals surface area contributed by atoms with Crippen molar-refractivity contribution < 1.29 is 9.59 Å². The predicted octanol–water partition coefficient (Wildman–Crippen LogP) is 7.95. The molecule has 0 heterocycles. The molecule has 4 heteroatoms. The summed E-state index contributed by atoms with van der Waals surface area (Å²) in [6, 6.07) is 16.7. The summed E-state index contributed by atoms with van der Waals surface area (Å²) in [7, 11) is 0. The van der Waals surface area contributed by atoms with E-state index in [1.54, 1.807) is 24.3 Å². The molecule has 0 saturated heterocycles. The molecule has 0 N–H and O–H groups in total. The number of hydrogen-bond donors (Lipinski definition) is 0. The molecule has 0 radical (unpaired) electrons. The Morgan fingerprint density at radius 1 is 0.500 bits per heavy atom. The fourth-order valence-corrected chi connectivity index (χ4v) is 5.50. The highest BCUT2D eigenvalue weighted by Gasteiger charge is 2.31. The monoisotopic (exact) mass is 486 g/mol. The van der Waals surface area contributed by atoms with Gasteiger partial charge in [-0.3, -0.25) is 9.59 Å². The molecule has 2 nitrogen and oxygen atoms in total. The largest absolute Gasteiger partial charge is 0.288 e. The van der Waals surface area contributed by atoms with E-state index >= 15 is 0 Å². The van der Waals surface area contributed by atoms with E-state index in [-0.39, 0.29) is 22.4 Å². The molecule has 0 aromatic heterocycles. The molecule has 2 aromatic rings. The van der Waals surface area contributed by atoms with Gasteiger partial charge in [0.05, 0.1) is 9.81 Å². The van der Waals surface area contributed by atoms with Gasteiger partial charge in [0.2, 0.25) is 0 Å². The van der Waals surface area contributed by atoms with Gasteiger partial charge in [0.1, 0.15) is 0 Å². The molecular formula is C30H30O2S2. The molecule has 0 unspecified atom stereocenters. The van der Waals surface area contributed by atoms with E-state index in [2.05, 4.69) is 90.1 Å². The summed E-state index contributed by atoms with van der Waals surface area (Å²) in [5, 5.41) is 0. The molecule has 2 aromatic carbocycles. The number of Topliss-reactive ketones (excluding diaryl/α,β-unsaturated/α-hetero) is 2. The lowest BCUT2D eigenvalue weighted by atomic mass is 9.87. The van der Waals surface area contributed by atoms with Crippen LogP contribution in [0.2, 0.25) is 0 Å². The Labute approximate surface area is 211 Å². The lowest BCUT2D eigenvalue weighted by Crippen LogP contribution is -2.19. The summed E-state index contributed by atoms with van der Waals surface area (Å²) in [5.41, 5.74) is 3.65. The van der Waals surface area contributed by atoms with Crippen molar-refractivity contribution in [1.29, 1.82) is 0 Å². The van der Waals surface area contributed by atoms with Gasteiger partial charge in [-0.05, 0) is 70.5 Å².